The van der Waals surface area contributed by atoms with Gasteiger partial charge in [-0.15, -0.1) is 0 Å². The zero-order valence-electron chi connectivity index (χ0n) is 24.3. The van der Waals surface area contributed by atoms with Gasteiger partial charge in [-0.2, -0.15) is 0 Å². The van der Waals surface area contributed by atoms with Gasteiger partial charge in [0, 0.05) is 45.0 Å². The molecule has 3 rings (SSSR count). The summed E-state index contributed by atoms with van der Waals surface area (Å²) in [5.74, 6) is -0.808. The van der Waals surface area contributed by atoms with Crippen molar-refractivity contribution in [1.82, 2.24) is 20.7 Å². The summed E-state index contributed by atoms with van der Waals surface area (Å²) in [5.41, 5.74) is 3.61. The number of fused-ring (bicyclic) bond motifs is 1. The molecule has 1 heterocycles. The summed E-state index contributed by atoms with van der Waals surface area (Å²) in [6.45, 7) is 13.8. The van der Waals surface area contributed by atoms with Crippen LogP contribution in [0.1, 0.15) is 61.7 Å². The van der Waals surface area contributed by atoms with E-state index in [1.54, 1.807) is 29.1 Å². The normalized spacial score (nSPS) is 13.2. The van der Waals surface area contributed by atoms with E-state index < -0.39 is 11.6 Å². The van der Waals surface area contributed by atoms with Crippen LogP contribution >= 0.6 is 0 Å². The minimum absolute atomic E-state index is 0.0277. The molecule has 9 heteroatoms. The number of hydrogen-bond donors (Lipinski definition) is 2. The van der Waals surface area contributed by atoms with Gasteiger partial charge < -0.3 is 20.3 Å². The van der Waals surface area contributed by atoms with E-state index in [4.69, 9.17) is 4.74 Å². The van der Waals surface area contributed by atoms with Crippen LogP contribution in [-0.2, 0) is 27.4 Å². The van der Waals surface area contributed by atoms with Crippen molar-refractivity contribution < 1.29 is 19.1 Å². The summed E-state index contributed by atoms with van der Waals surface area (Å²) in [7, 11) is 1.76. The largest absolute Gasteiger partial charge is 0.456 e. The Morgan fingerprint density at radius 2 is 1.64 bits per heavy atom. The van der Waals surface area contributed by atoms with Crippen LogP contribution in [-0.4, -0.2) is 72.7 Å². The van der Waals surface area contributed by atoms with Crippen LogP contribution in [0.5, 0.6) is 0 Å². The molecule has 212 valence electrons. The highest BCUT2D eigenvalue weighted by atomic mass is 16.6. The number of hydrazine groups is 1. The molecule has 0 unspecified atom stereocenters. The molecule has 2 aromatic rings. The molecule has 0 saturated carbocycles. The predicted molar refractivity (Wildman–Crippen MR) is 153 cm³/mol. The number of nitrogens with one attached hydrogen (secondary N) is 2. The lowest BCUT2D eigenvalue weighted by molar-refractivity contribution is -0.145. The maximum absolute atomic E-state index is 13.5. The van der Waals surface area contributed by atoms with E-state index >= 15 is 0 Å². The Labute approximate surface area is 232 Å². The van der Waals surface area contributed by atoms with Crippen molar-refractivity contribution in [3.8, 4) is 0 Å². The summed E-state index contributed by atoms with van der Waals surface area (Å²) < 4.78 is 5.56. The van der Waals surface area contributed by atoms with Crippen LogP contribution < -0.4 is 15.5 Å². The van der Waals surface area contributed by atoms with E-state index in [-0.39, 0.29) is 24.9 Å². The van der Waals surface area contributed by atoms with Crippen molar-refractivity contribution in [2.45, 2.75) is 66.3 Å². The number of carbonyl (C=O) groups excluding carboxylic acids is 3. The Bertz CT molecular complexity index is 1150. The van der Waals surface area contributed by atoms with Crippen LogP contribution in [0.2, 0.25) is 0 Å². The van der Waals surface area contributed by atoms with Gasteiger partial charge in [-0.1, -0.05) is 44.2 Å². The van der Waals surface area contributed by atoms with E-state index in [2.05, 4.69) is 22.8 Å². The lowest BCUT2D eigenvalue weighted by Crippen LogP contribution is -2.48. The number of esters is 1. The molecule has 0 saturated heterocycles. The second-order valence-electron chi connectivity index (χ2n) is 11.3. The van der Waals surface area contributed by atoms with Crippen LogP contribution in [0, 0.1) is 6.92 Å². The smallest absolute Gasteiger partial charge is 0.338 e. The van der Waals surface area contributed by atoms with Crippen molar-refractivity contribution in [3.05, 3.63) is 64.7 Å². The lowest BCUT2D eigenvalue weighted by Gasteiger charge is -2.32. The Morgan fingerprint density at radius 3 is 2.23 bits per heavy atom. The maximum atomic E-state index is 13.5. The molecule has 1 aliphatic heterocycles. The van der Waals surface area contributed by atoms with Crippen molar-refractivity contribution in [3.63, 3.8) is 0 Å². The molecule has 0 spiro atoms. The molecule has 9 nitrogen and oxygen atoms in total. The number of hydrogen-bond acceptors (Lipinski definition) is 7. The molecular weight excluding hydrogens is 494 g/mol. The van der Waals surface area contributed by atoms with E-state index in [9.17, 15) is 14.4 Å². The number of aryl methyl sites for hydroxylation is 1. The Hall–Kier alpha value is -3.43. The average molecular weight is 538 g/mol. The quantitative estimate of drug-likeness (QED) is 0.336. The number of likely N-dealkylation sites (N-methyl/N-ethyl adjacent to an activating group) is 1. The second-order valence-corrected chi connectivity index (χ2v) is 11.3. The lowest BCUT2D eigenvalue weighted by atomic mass is 10.1. The molecule has 0 aliphatic carbocycles. The average Bonchev–Trinajstić information content (AvgIpc) is 3.29. The zero-order chi connectivity index (χ0) is 28.7. The molecule has 39 heavy (non-hydrogen) atoms. The van der Waals surface area contributed by atoms with Crippen molar-refractivity contribution in [1.29, 1.82) is 0 Å². The van der Waals surface area contributed by atoms with Gasteiger partial charge >= 0.3 is 5.97 Å². The van der Waals surface area contributed by atoms with Crippen LogP contribution in [0.15, 0.2) is 42.5 Å². The topological polar surface area (TPSA) is 94.2 Å². The summed E-state index contributed by atoms with van der Waals surface area (Å²) in [6, 6.07) is 13.7. The monoisotopic (exact) mass is 537 g/mol. The Morgan fingerprint density at radius 1 is 1.00 bits per heavy atom. The summed E-state index contributed by atoms with van der Waals surface area (Å²) in [5, 5.41) is 9.82. The third kappa shape index (κ3) is 8.80. The van der Waals surface area contributed by atoms with Gasteiger partial charge in [0.1, 0.15) is 5.60 Å². The van der Waals surface area contributed by atoms with E-state index in [0.29, 0.717) is 43.5 Å². The molecule has 0 radical (unpaired) electrons. The molecule has 1 aliphatic rings. The van der Waals surface area contributed by atoms with Crippen molar-refractivity contribution in [2.24, 2.45) is 0 Å². The van der Waals surface area contributed by atoms with Crippen LogP contribution in [0.4, 0.5) is 5.69 Å². The van der Waals surface area contributed by atoms with Crippen LogP contribution in [0.25, 0.3) is 0 Å². The molecule has 2 amide bonds. The van der Waals surface area contributed by atoms with Crippen LogP contribution in [0.3, 0.4) is 0 Å². The minimum atomic E-state index is -0.641. The van der Waals surface area contributed by atoms with Gasteiger partial charge in [0.15, 0.2) is 0 Å². The van der Waals surface area contributed by atoms with Gasteiger partial charge in [0.25, 0.3) is 5.91 Å². The first-order valence-electron chi connectivity index (χ1n) is 13.5. The highest BCUT2D eigenvalue weighted by Gasteiger charge is 2.27. The zero-order valence-corrected chi connectivity index (χ0v) is 24.3. The summed E-state index contributed by atoms with van der Waals surface area (Å²) in [6.07, 6.45) is 0. The fourth-order valence-corrected chi connectivity index (χ4v) is 4.38. The van der Waals surface area contributed by atoms with Gasteiger partial charge in [-0.25, -0.2) is 9.80 Å². The first kappa shape index (κ1) is 30.1. The third-order valence-corrected chi connectivity index (χ3v) is 6.45. The van der Waals surface area contributed by atoms with Crippen molar-refractivity contribution in [2.75, 3.05) is 38.1 Å². The number of anilines is 1. The predicted octanol–water partition coefficient (Wildman–Crippen LogP) is 3.26. The number of benzene rings is 2. The molecule has 2 N–H and O–H groups in total. The maximum Gasteiger partial charge on any atom is 0.338 e. The minimum Gasteiger partial charge on any atom is -0.456 e. The SMILES string of the molecule is Cc1ccc(C(=O)OC(C)(C)C)cc1N(CC(=O)NCCNC(C)C)CC(=O)N(C)N1Cc2ccccc2C1. The number of rotatable bonds is 11. The summed E-state index contributed by atoms with van der Waals surface area (Å²) >= 11 is 0. The van der Waals surface area contributed by atoms with E-state index in [0.717, 1.165) is 5.56 Å². The number of carbonyl (C=O) groups is 3. The van der Waals surface area contributed by atoms with Gasteiger partial charge in [-0.3, -0.25) is 14.6 Å². The molecule has 2 aromatic carbocycles. The van der Waals surface area contributed by atoms with Crippen molar-refractivity contribution >= 4 is 23.5 Å². The molecule has 0 atom stereocenters. The molecule has 0 bridgehead atoms. The number of nitrogens with zero attached hydrogens (tertiary/aromatic N) is 3. The standard InChI is InChI=1S/C30H43N5O4/c1-21(2)31-14-15-32-27(36)19-34(26-16-23(13-12-22(26)3)29(38)39-30(4,5)6)20-28(37)33(7)35-17-24-10-8-9-11-25(24)18-35/h8-13,16,21,31H,14-15,17-20H2,1-7H3,(H,32,36). The molecule has 0 aromatic heterocycles. The van der Waals surface area contributed by atoms with E-state index in [1.807, 2.05) is 64.8 Å². The highest BCUT2D eigenvalue weighted by molar-refractivity contribution is 5.92. The highest BCUT2D eigenvalue weighted by Crippen LogP contribution is 2.26. The van der Waals surface area contributed by atoms with Gasteiger partial charge in [0.05, 0.1) is 18.7 Å². The van der Waals surface area contributed by atoms with Gasteiger partial charge in [0.2, 0.25) is 5.91 Å². The molecular formula is C30H43N5O4. The second kappa shape index (κ2) is 13.1. The Kier molecular flexibility index (Phi) is 10.1. The fourth-order valence-electron chi connectivity index (χ4n) is 4.38. The van der Waals surface area contributed by atoms with E-state index in [1.165, 1.54) is 11.1 Å². The Balaban J connectivity index is 1.79. The number of amides is 2. The third-order valence-electron chi connectivity index (χ3n) is 6.45. The fraction of sp³-hybridized carbons (Fsp3) is 0.500. The first-order valence-corrected chi connectivity index (χ1v) is 13.5. The van der Waals surface area contributed by atoms with Gasteiger partial charge in [-0.05, 0) is 56.5 Å². The number of ether oxygens (including phenoxy) is 1. The summed E-state index contributed by atoms with van der Waals surface area (Å²) in [4.78, 5) is 41.0. The first-order chi connectivity index (χ1) is 18.3. The molecule has 0 fully saturated rings.